The average Bonchev–Trinajstić information content (AvgIpc) is 2.49. The minimum absolute atomic E-state index is 0.0220. The van der Waals surface area contributed by atoms with Crippen molar-refractivity contribution in [3.63, 3.8) is 0 Å². The molecule has 0 aliphatic heterocycles. The molecule has 6 nitrogen and oxygen atoms in total. The molecule has 0 saturated heterocycles. The summed E-state index contributed by atoms with van der Waals surface area (Å²) in [4.78, 5) is 22.5. The fraction of sp³-hybridized carbons (Fsp3) is 0.133. The number of benzene rings is 2. The molecule has 108 valence electrons. The Morgan fingerprint density at radius 1 is 1.24 bits per heavy atom. The molecule has 0 aliphatic carbocycles. The van der Waals surface area contributed by atoms with Gasteiger partial charge in [-0.15, -0.1) is 0 Å². The third-order valence-electron chi connectivity index (χ3n) is 3.20. The second kappa shape index (κ2) is 6.15. The van der Waals surface area contributed by atoms with Crippen molar-refractivity contribution >= 4 is 17.3 Å². The van der Waals surface area contributed by atoms with Crippen molar-refractivity contribution in [2.75, 3.05) is 5.32 Å². The van der Waals surface area contributed by atoms with Gasteiger partial charge in [-0.05, 0) is 30.7 Å². The Kier molecular flexibility index (Phi) is 4.30. The van der Waals surface area contributed by atoms with E-state index in [2.05, 4.69) is 5.32 Å². The maximum atomic E-state index is 12.1. The van der Waals surface area contributed by atoms with Crippen molar-refractivity contribution in [1.82, 2.24) is 0 Å². The van der Waals surface area contributed by atoms with Crippen molar-refractivity contribution in [3.8, 4) is 0 Å². The molecule has 0 aromatic heterocycles. The standard InChI is InChI=1S/C15H15N3O3/c1-10-13(3-2-4-14(10)18(20)21)17-15(19)12-7-5-11(9-16)6-8-12/h2-8H,9,16H2,1H3,(H,17,19). The lowest BCUT2D eigenvalue weighted by molar-refractivity contribution is -0.385. The van der Waals surface area contributed by atoms with Crippen molar-refractivity contribution < 1.29 is 9.72 Å². The summed E-state index contributed by atoms with van der Waals surface area (Å²) < 4.78 is 0. The SMILES string of the molecule is Cc1c(NC(=O)c2ccc(CN)cc2)cccc1[N+](=O)[O-]. The number of nitrogens with zero attached hydrogens (tertiary/aromatic N) is 1. The van der Waals surface area contributed by atoms with E-state index in [1.807, 2.05) is 0 Å². The molecule has 21 heavy (non-hydrogen) atoms. The van der Waals surface area contributed by atoms with Crippen LogP contribution in [0.3, 0.4) is 0 Å². The molecule has 6 heteroatoms. The topological polar surface area (TPSA) is 98.3 Å². The van der Waals surface area contributed by atoms with Crippen LogP contribution in [0.15, 0.2) is 42.5 Å². The monoisotopic (exact) mass is 285 g/mol. The van der Waals surface area contributed by atoms with Gasteiger partial charge in [0.05, 0.1) is 16.2 Å². The third kappa shape index (κ3) is 3.24. The number of rotatable bonds is 4. The first-order valence-corrected chi connectivity index (χ1v) is 6.37. The van der Waals surface area contributed by atoms with E-state index in [0.29, 0.717) is 23.4 Å². The molecule has 2 aromatic rings. The van der Waals surface area contributed by atoms with Gasteiger partial charge in [-0.1, -0.05) is 18.2 Å². The van der Waals surface area contributed by atoms with E-state index in [9.17, 15) is 14.9 Å². The number of nitrogens with one attached hydrogen (secondary N) is 1. The normalized spacial score (nSPS) is 10.2. The molecule has 0 atom stereocenters. The zero-order valence-electron chi connectivity index (χ0n) is 11.5. The summed E-state index contributed by atoms with van der Waals surface area (Å²) in [5.74, 6) is -0.317. The van der Waals surface area contributed by atoms with Crippen LogP contribution in [-0.4, -0.2) is 10.8 Å². The summed E-state index contributed by atoms with van der Waals surface area (Å²) in [6, 6.07) is 11.5. The molecule has 0 bridgehead atoms. The van der Waals surface area contributed by atoms with Crippen LogP contribution < -0.4 is 11.1 Å². The van der Waals surface area contributed by atoms with Crippen molar-refractivity contribution in [3.05, 3.63) is 69.3 Å². The first-order chi connectivity index (χ1) is 10.0. The highest BCUT2D eigenvalue weighted by Crippen LogP contribution is 2.25. The Morgan fingerprint density at radius 2 is 1.90 bits per heavy atom. The molecule has 3 N–H and O–H groups in total. The van der Waals surface area contributed by atoms with Crippen LogP contribution in [0.1, 0.15) is 21.5 Å². The number of anilines is 1. The largest absolute Gasteiger partial charge is 0.326 e. The number of carbonyl (C=O) groups excluding carboxylic acids is 1. The molecule has 2 rings (SSSR count). The summed E-state index contributed by atoms with van der Waals surface area (Å²) in [5.41, 5.74) is 7.73. The smallest absolute Gasteiger partial charge is 0.274 e. The number of nitro benzene ring substituents is 1. The maximum absolute atomic E-state index is 12.1. The summed E-state index contributed by atoms with van der Waals surface area (Å²) >= 11 is 0. The molecule has 2 aromatic carbocycles. The highest BCUT2D eigenvalue weighted by atomic mass is 16.6. The molecule has 0 fully saturated rings. The van der Waals surface area contributed by atoms with Gasteiger partial charge in [-0.25, -0.2) is 0 Å². The van der Waals surface area contributed by atoms with Gasteiger partial charge in [0, 0.05) is 18.2 Å². The quantitative estimate of drug-likeness (QED) is 0.666. The van der Waals surface area contributed by atoms with E-state index >= 15 is 0 Å². The van der Waals surface area contributed by atoms with Gasteiger partial charge < -0.3 is 11.1 Å². The zero-order valence-corrected chi connectivity index (χ0v) is 11.5. The second-order valence-electron chi connectivity index (χ2n) is 4.56. The zero-order chi connectivity index (χ0) is 15.4. The molecule has 0 saturated carbocycles. The Hall–Kier alpha value is -2.73. The van der Waals surface area contributed by atoms with Crippen LogP contribution in [-0.2, 0) is 6.54 Å². The fourth-order valence-corrected chi connectivity index (χ4v) is 1.94. The average molecular weight is 285 g/mol. The van der Waals surface area contributed by atoms with E-state index < -0.39 is 4.92 Å². The third-order valence-corrected chi connectivity index (χ3v) is 3.20. The van der Waals surface area contributed by atoms with E-state index in [0.717, 1.165) is 5.56 Å². The molecule has 0 aliphatic rings. The van der Waals surface area contributed by atoms with Gasteiger partial charge >= 0.3 is 0 Å². The molecule has 0 spiro atoms. The number of carbonyl (C=O) groups is 1. The van der Waals surface area contributed by atoms with Gasteiger partial charge in [-0.3, -0.25) is 14.9 Å². The Labute approximate surface area is 121 Å². The number of nitrogens with two attached hydrogens (primary N) is 1. The van der Waals surface area contributed by atoms with E-state index in [1.54, 1.807) is 37.3 Å². The van der Waals surface area contributed by atoms with Gasteiger partial charge in [0.25, 0.3) is 11.6 Å². The number of nitro groups is 1. The number of amides is 1. The van der Waals surface area contributed by atoms with E-state index in [1.165, 1.54) is 12.1 Å². The number of hydrogen-bond donors (Lipinski definition) is 2. The molecular formula is C15H15N3O3. The lowest BCUT2D eigenvalue weighted by atomic mass is 10.1. The van der Waals surface area contributed by atoms with E-state index in [-0.39, 0.29) is 11.6 Å². The first kappa shape index (κ1) is 14.7. The molecule has 0 unspecified atom stereocenters. The highest BCUT2D eigenvalue weighted by molar-refractivity contribution is 6.04. The molecule has 1 amide bonds. The van der Waals surface area contributed by atoms with Gasteiger partial charge in [0.2, 0.25) is 0 Å². The van der Waals surface area contributed by atoms with Gasteiger partial charge in [0.15, 0.2) is 0 Å². The Balaban J connectivity index is 2.23. The highest BCUT2D eigenvalue weighted by Gasteiger charge is 2.15. The predicted octanol–water partition coefficient (Wildman–Crippen LogP) is 2.61. The van der Waals surface area contributed by atoms with E-state index in [4.69, 9.17) is 5.73 Å². The van der Waals surface area contributed by atoms with Crippen LogP contribution in [0.25, 0.3) is 0 Å². The van der Waals surface area contributed by atoms with Crippen LogP contribution in [0, 0.1) is 17.0 Å². The Morgan fingerprint density at radius 3 is 2.48 bits per heavy atom. The lowest BCUT2D eigenvalue weighted by Gasteiger charge is -2.09. The molecule has 0 radical (unpaired) electrons. The summed E-state index contributed by atoms with van der Waals surface area (Å²) in [6.07, 6.45) is 0. The minimum atomic E-state index is -0.471. The van der Waals surface area contributed by atoms with Crippen molar-refractivity contribution in [1.29, 1.82) is 0 Å². The van der Waals surface area contributed by atoms with Crippen LogP contribution in [0.5, 0.6) is 0 Å². The minimum Gasteiger partial charge on any atom is -0.326 e. The van der Waals surface area contributed by atoms with Crippen molar-refractivity contribution in [2.45, 2.75) is 13.5 Å². The van der Waals surface area contributed by atoms with Crippen molar-refractivity contribution in [2.24, 2.45) is 5.73 Å². The second-order valence-corrected chi connectivity index (χ2v) is 4.56. The summed E-state index contributed by atoms with van der Waals surface area (Å²) in [5, 5.41) is 13.6. The first-order valence-electron chi connectivity index (χ1n) is 6.37. The molecule has 0 heterocycles. The van der Waals surface area contributed by atoms with Crippen LogP contribution in [0.4, 0.5) is 11.4 Å². The molecular weight excluding hydrogens is 270 g/mol. The Bertz CT molecular complexity index is 681. The summed E-state index contributed by atoms with van der Waals surface area (Å²) in [6.45, 7) is 2.01. The predicted molar refractivity (Wildman–Crippen MR) is 80.1 cm³/mol. The van der Waals surface area contributed by atoms with Crippen LogP contribution >= 0.6 is 0 Å². The lowest BCUT2D eigenvalue weighted by Crippen LogP contribution is -2.13. The number of hydrogen-bond acceptors (Lipinski definition) is 4. The summed E-state index contributed by atoms with van der Waals surface area (Å²) in [7, 11) is 0. The fourth-order valence-electron chi connectivity index (χ4n) is 1.94. The van der Waals surface area contributed by atoms with Crippen LogP contribution in [0.2, 0.25) is 0 Å². The maximum Gasteiger partial charge on any atom is 0.274 e. The van der Waals surface area contributed by atoms with Gasteiger partial charge in [0.1, 0.15) is 0 Å². The van der Waals surface area contributed by atoms with Gasteiger partial charge in [-0.2, -0.15) is 0 Å².